The molecule has 1 aliphatic carbocycles. The molecule has 1 saturated carbocycles. The summed E-state index contributed by atoms with van der Waals surface area (Å²) in [4.78, 5) is 4.77. The molecule has 0 amide bonds. The molecule has 1 fully saturated rings. The van der Waals surface area contributed by atoms with Gasteiger partial charge in [-0.2, -0.15) is 0 Å². The molecule has 1 heterocycles. The minimum absolute atomic E-state index is 0. The van der Waals surface area contributed by atoms with Crippen molar-refractivity contribution < 1.29 is 14.3 Å². The number of aliphatic hydroxyl groups is 1. The SMILES string of the molecule is CCNC(=NCC1(CCOC)CCCC1)NCC(O)c1ccco1.I. The molecule has 25 heavy (non-hydrogen) atoms. The Kier molecular flexibility index (Phi) is 10.4. The highest BCUT2D eigenvalue weighted by molar-refractivity contribution is 14.0. The fourth-order valence-electron chi connectivity index (χ4n) is 3.29. The molecule has 0 spiro atoms. The molecule has 1 unspecified atom stereocenters. The van der Waals surface area contributed by atoms with Crippen molar-refractivity contribution in [3.05, 3.63) is 24.2 Å². The van der Waals surface area contributed by atoms with Crippen molar-refractivity contribution in [2.24, 2.45) is 10.4 Å². The number of ether oxygens (including phenoxy) is 1. The Labute approximate surface area is 167 Å². The maximum atomic E-state index is 10.1. The van der Waals surface area contributed by atoms with Gasteiger partial charge in [0, 0.05) is 26.8 Å². The van der Waals surface area contributed by atoms with E-state index in [-0.39, 0.29) is 29.4 Å². The summed E-state index contributed by atoms with van der Waals surface area (Å²) in [6.07, 6.45) is 6.93. The molecule has 0 radical (unpaired) electrons. The third-order valence-electron chi connectivity index (χ3n) is 4.75. The number of furan rings is 1. The molecule has 2 rings (SSSR count). The summed E-state index contributed by atoms with van der Waals surface area (Å²) in [5.74, 6) is 1.30. The minimum Gasteiger partial charge on any atom is -0.467 e. The smallest absolute Gasteiger partial charge is 0.191 e. The van der Waals surface area contributed by atoms with Crippen molar-refractivity contribution in [2.45, 2.75) is 45.1 Å². The van der Waals surface area contributed by atoms with Crippen LogP contribution in [0.15, 0.2) is 27.8 Å². The highest BCUT2D eigenvalue weighted by atomic mass is 127. The molecule has 6 nitrogen and oxygen atoms in total. The van der Waals surface area contributed by atoms with Gasteiger partial charge in [0.2, 0.25) is 0 Å². The van der Waals surface area contributed by atoms with Crippen LogP contribution in [0.4, 0.5) is 0 Å². The van der Waals surface area contributed by atoms with Crippen molar-refractivity contribution in [1.29, 1.82) is 0 Å². The molecule has 1 aromatic heterocycles. The summed E-state index contributed by atoms with van der Waals surface area (Å²) in [5.41, 5.74) is 0.262. The van der Waals surface area contributed by atoms with Gasteiger partial charge >= 0.3 is 0 Å². The number of methoxy groups -OCH3 is 1. The van der Waals surface area contributed by atoms with Gasteiger partial charge in [-0.15, -0.1) is 24.0 Å². The topological polar surface area (TPSA) is 79.0 Å². The molecule has 0 aliphatic heterocycles. The summed E-state index contributed by atoms with van der Waals surface area (Å²) < 4.78 is 10.5. The number of halogens is 1. The van der Waals surface area contributed by atoms with Crippen molar-refractivity contribution in [3.63, 3.8) is 0 Å². The van der Waals surface area contributed by atoms with Crippen molar-refractivity contribution in [3.8, 4) is 0 Å². The van der Waals surface area contributed by atoms with E-state index in [0.717, 1.165) is 32.1 Å². The van der Waals surface area contributed by atoms with E-state index in [9.17, 15) is 5.11 Å². The number of rotatable bonds is 9. The molecule has 3 N–H and O–H groups in total. The van der Waals surface area contributed by atoms with Gasteiger partial charge in [0.25, 0.3) is 0 Å². The minimum atomic E-state index is -0.683. The lowest BCUT2D eigenvalue weighted by Gasteiger charge is -2.27. The van der Waals surface area contributed by atoms with Crippen LogP contribution in [0.3, 0.4) is 0 Å². The Morgan fingerprint density at radius 3 is 2.76 bits per heavy atom. The average Bonchev–Trinajstić information content (AvgIpc) is 3.27. The molecule has 1 aliphatic rings. The van der Waals surface area contributed by atoms with Gasteiger partial charge in [-0.3, -0.25) is 4.99 Å². The van der Waals surface area contributed by atoms with Crippen LogP contribution in [0.1, 0.15) is 50.9 Å². The van der Waals surface area contributed by atoms with Crippen LogP contribution in [0.5, 0.6) is 0 Å². The third kappa shape index (κ3) is 7.15. The summed E-state index contributed by atoms with van der Waals surface area (Å²) in [6, 6.07) is 3.55. The molecular formula is C18H32IN3O3. The molecular weight excluding hydrogens is 433 g/mol. The Morgan fingerprint density at radius 1 is 1.40 bits per heavy atom. The zero-order valence-electron chi connectivity index (χ0n) is 15.3. The van der Waals surface area contributed by atoms with Crippen LogP contribution in [-0.4, -0.2) is 44.4 Å². The number of aliphatic hydroxyl groups excluding tert-OH is 1. The lowest BCUT2D eigenvalue weighted by atomic mass is 9.83. The van der Waals surface area contributed by atoms with E-state index >= 15 is 0 Å². The van der Waals surface area contributed by atoms with E-state index in [0.29, 0.717) is 12.3 Å². The van der Waals surface area contributed by atoms with Crippen LogP contribution in [0.25, 0.3) is 0 Å². The van der Waals surface area contributed by atoms with Gasteiger partial charge < -0.3 is 24.9 Å². The molecule has 7 heteroatoms. The number of guanidine groups is 1. The summed E-state index contributed by atoms with van der Waals surface area (Å²) in [7, 11) is 1.76. The van der Waals surface area contributed by atoms with Crippen molar-refractivity contribution >= 4 is 29.9 Å². The summed E-state index contributed by atoms with van der Waals surface area (Å²) in [5, 5.41) is 16.6. The van der Waals surface area contributed by atoms with Crippen molar-refractivity contribution in [1.82, 2.24) is 10.6 Å². The Balaban J connectivity index is 0.00000312. The fraction of sp³-hybridized carbons (Fsp3) is 0.722. The number of hydrogen-bond acceptors (Lipinski definition) is 4. The molecule has 144 valence electrons. The van der Waals surface area contributed by atoms with E-state index in [4.69, 9.17) is 14.1 Å². The third-order valence-corrected chi connectivity index (χ3v) is 4.75. The van der Waals surface area contributed by atoms with Crippen molar-refractivity contribution in [2.75, 3.05) is 33.4 Å². The Hall–Kier alpha value is -0.800. The Bertz CT molecular complexity index is 488. The monoisotopic (exact) mass is 465 g/mol. The quantitative estimate of drug-likeness (QED) is 0.297. The van der Waals surface area contributed by atoms with Gasteiger partial charge in [-0.05, 0) is 43.7 Å². The first-order valence-electron chi connectivity index (χ1n) is 8.92. The molecule has 1 aromatic rings. The van der Waals surface area contributed by atoms with E-state index in [1.807, 2.05) is 6.92 Å². The maximum absolute atomic E-state index is 10.1. The Morgan fingerprint density at radius 2 is 2.16 bits per heavy atom. The molecule has 0 bridgehead atoms. The number of nitrogens with zero attached hydrogens (tertiary/aromatic N) is 1. The van der Waals surface area contributed by atoms with Crippen LogP contribution in [0.2, 0.25) is 0 Å². The number of aliphatic imine (C=N–C) groups is 1. The van der Waals surface area contributed by atoms with Crippen LogP contribution in [0, 0.1) is 5.41 Å². The van der Waals surface area contributed by atoms with Gasteiger partial charge in [0.15, 0.2) is 5.96 Å². The first-order chi connectivity index (χ1) is 11.7. The standard InChI is InChI=1S/C18H31N3O3.HI/c1-3-19-17(20-13-15(22)16-7-6-11-24-16)21-14-18(10-12-23-2)8-4-5-9-18;/h6-7,11,15,22H,3-5,8-10,12-14H2,1-2H3,(H2,19,20,21);1H. The van der Waals surface area contributed by atoms with E-state index < -0.39 is 6.10 Å². The summed E-state index contributed by atoms with van der Waals surface area (Å²) >= 11 is 0. The highest BCUT2D eigenvalue weighted by Gasteiger charge is 2.33. The van der Waals surface area contributed by atoms with Gasteiger partial charge in [-0.25, -0.2) is 0 Å². The van der Waals surface area contributed by atoms with Gasteiger partial charge in [-0.1, -0.05) is 12.8 Å². The van der Waals surface area contributed by atoms with E-state index in [1.54, 1.807) is 25.5 Å². The lowest BCUT2D eigenvalue weighted by molar-refractivity contribution is 0.141. The normalized spacial score (nSPS) is 17.8. The van der Waals surface area contributed by atoms with E-state index in [1.165, 1.54) is 25.7 Å². The van der Waals surface area contributed by atoms with Gasteiger partial charge in [0.05, 0.1) is 12.8 Å². The zero-order chi connectivity index (χ0) is 17.3. The lowest BCUT2D eigenvalue weighted by Crippen LogP contribution is -2.40. The fourth-order valence-corrected chi connectivity index (χ4v) is 3.29. The molecule has 0 saturated heterocycles. The predicted octanol–water partition coefficient (Wildman–Crippen LogP) is 3.08. The average molecular weight is 465 g/mol. The zero-order valence-corrected chi connectivity index (χ0v) is 17.6. The first kappa shape index (κ1) is 22.2. The van der Waals surface area contributed by atoms with E-state index in [2.05, 4.69) is 10.6 Å². The molecule has 1 atom stereocenters. The summed E-state index contributed by atoms with van der Waals surface area (Å²) in [6.45, 7) is 4.77. The van der Waals surface area contributed by atoms with Crippen LogP contribution < -0.4 is 10.6 Å². The largest absolute Gasteiger partial charge is 0.467 e. The number of nitrogens with one attached hydrogen (secondary N) is 2. The van der Waals surface area contributed by atoms with Crippen LogP contribution in [-0.2, 0) is 4.74 Å². The first-order valence-corrected chi connectivity index (χ1v) is 8.92. The predicted molar refractivity (Wildman–Crippen MR) is 110 cm³/mol. The number of hydrogen-bond donors (Lipinski definition) is 3. The van der Waals surface area contributed by atoms with Crippen LogP contribution >= 0.6 is 24.0 Å². The second-order valence-corrected chi connectivity index (χ2v) is 6.56. The molecule has 0 aromatic carbocycles. The second-order valence-electron chi connectivity index (χ2n) is 6.56. The highest BCUT2D eigenvalue weighted by Crippen LogP contribution is 2.41. The van der Waals surface area contributed by atoms with Gasteiger partial charge in [0.1, 0.15) is 11.9 Å². The maximum Gasteiger partial charge on any atom is 0.191 e. The second kappa shape index (κ2) is 11.7.